The number of hydrogen-bond acceptors (Lipinski definition) is 3. The molecule has 0 aromatic rings. The number of ketones is 1. The molecule has 0 bridgehead atoms. The summed E-state index contributed by atoms with van der Waals surface area (Å²) in [5.41, 5.74) is -0.660. The molecule has 4 aliphatic rings. The van der Waals surface area contributed by atoms with Gasteiger partial charge in [0, 0.05) is 11.3 Å². The molecule has 4 saturated carbocycles. The van der Waals surface area contributed by atoms with E-state index in [4.69, 9.17) is 0 Å². The number of aliphatic hydroxyl groups excluding tert-OH is 1. The number of carbonyl (C=O) groups excluding carboxylic acids is 1. The van der Waals surface area contributed by atoms with E-state index in [0.717, 1.165) is 43.9 Å². The normalized spacial score (nSPS) is 55.2. The molecule has 142 valence electrons. The number of Topliss-reactive ketones (excluding diaryl/α,β-unsaturated/α-hetero) is 1. The maximum Gasteiger partial charge on any atom is 0.161 e. The van der Waals surface area contributed by atoms with Crippen LogP contribution in [0.15, 0.2) is 0 Å². The van der Waals surface area contributed by atoms with E-state index in [0.29, 0.717) is 17.3 Å². The third-order valence-electron chi connectivity index (χ3n) is 9.66. The summed E-state index contributed by atoms with van der Waals surface area (Å²) >= 11 is 0. The van der Waals surface area contributed by atoms with E-state index in [9.17, 15) is 15.0 Å². The summed E-state index contributed by atoms with van der Waals surface area (Å²) in [6.07, 6.45) is 9.98. The van der Waals surface area contributed by atoms with Crippen LogP contribution in [0.2, 0.25) is 0 Å². The fraction of sp³-hybridized carbons (Fsp3) is 0.955. The average molecular weight is 349 g/mol. The van der Waals surface area contributed by atoms with Gasteiger partial charge in [0.15, 0.2) is 5.78 Å². The summed E-state index contributed by atoms with van der Waals surface area (Å²) in [5, 5.41) is 21.3. The minimum Gasteiger partial charge on any atom is -0.389 e. The van der Waals surface area contributed by atoms with Gasteiger partial charge < -0.3 is 10.2 Å². The minimum atomic E-state index is -0.706. The largest absolute Gasteiger partial charge is 0.389 e. The highest BCUT2D eigenvalue weighted by molar-refractivity contribution is 5.83. The molecule has 4 aliphatic carbocycles. The smallest absolute Gasteiger partial charge is 0.161 e. The van der Waals surface area contributed by atoms with Crippen LogP contribution in [-0.2, 0) is 4.79 Å². The first-order valence-corrected chi connectivity index (χ1v) is 10.6. The van der Waals surface area contributed by atoms with Crippen molar-refractivity contribution >= 4 is 5.78 Å². The molecule has 3 nitrogen and oxygen atoms in total. The molecule has 25 heavy (non-hydrogen) atoms. The molecule has 0 aliphatic heterocycles. The lowest BCUT2D eigenvalue weighted by atomic mass is 9.43. The fourth-order valence-electron chi connectivity index (χ4n) is 8.07. The van der Waals surface area contributed by atoms with Crippen LogP contribution in [0.25, 0.3) is 0 Å². The molecule has 0 aromatic heterocycles. The van der Waals surface area contributed by atoms with Crippen molar-refractivity contribution in [2.24, 2.45) is 40.4 Å². The van der Waals surface area contributed by atoms with Crippen molar-refractivity contribution in [2.45, 2.75) is 84.2 Å². The van der Waals surface area contributed by atoms with Crippen molar-refractivity contribution in [3.63, 3.8) is 0 Å². The number of fused-ring (bicyclic) bond motifs is 5. The van der Waals surface area contributed by atoms with Gasteiger partial charge in [-0.2, -0.15) is 0 Å². The quantitative estimate of drug-likeness (QED) is 0.794. The molecule has 2 N–H and O–H groups in total. The first-order chi connectivity index (χ1) is 11.8. The number of hydrogen-bond donors (Lipinski definition) is 2. The average Bonchev–Trinajstić information content (AvgIpc) is 2.86. The van der Waals surface area contributed by atoms with Crippen molar-refractivity contribution < 1.29 is 15.0 Å². The lowest BCUT2D eigenvalue weighted by molar-refractivity contribution is -0.208. The molecule has 0 aromatic carbocycles. The molecule has 0 amide bonds. The Morgan fingerprint density at radius 1 is 1.00 bits per heavy atom. The lowest BCUT2D eigenvalue weighted by Crippen LogP contribution is -2.62. The maximum absolute atomic E-state index is 12.3. The predicted molar refractivity (Wildman–Crippen MR) is 97.9 cm³/mol. The zero-order chi connectivity index (χ0) is 18.0. The Balaban J connectivity index is 1.66. The monoisotopic (exact) mass is 348 g/mol. The SMILES string of the molecule is C[C@H]1CC[C@]2(C)C3CC[C@]4(C)[C@@H](C(=O)CO)CC[C@]4(O)C3CC[C@@H]2C1. The van der Waals surface area contributed by atoms with Crippen LogP contribution in [0.1, 0.15) is 78.6 Å². The van der Waals surface area contributed by atoms with Crippen LogP contribution < -0.4 is 0 Å². The van der Waals surface area contributed by atoms with E-state index in [2.05, 4.69) is 20.8 Å². The van der Waals surface area contributed by atoms with Crippen molar-refractivity contribution in [1.29, 1.82) is 0 Å². The van der Waals surface area contributed by atoms with Crippen molar-refractivity contribution in [2.75, 3.05) is 6.61 Å². The van der Waals surface area contributed by atoms with Gasteiger partial charge in [0.1, 0.15) is 6.61 Å². The van der Waals surface area contributed by atoms with Crippen LogP contribution in [-0.4, -0.2) is 28.2 Å². The lowest BCUT2D eigenvalue weighted by Gasteiger charge is -2.63. The van der Waals surface area contributed by atoms with Gasteiger partial charge in [0.25, 0.3) is 0 Å². The molecule has 4 rings (SSSR count). The van der Waals surface area contributed by atoms with Crippen LogP contribution in [0.4, 0.5) is 0 Å². The van der Waals surface area contributed by atoms with E-state index >= 15 is 0 Å². The molecule has 4 fully saturated rings. The molecule has 0 heterocycles. The van der Waals surface area contributed by atoms with Crippen molar-refractivity contribution in [3.05, 3.63) is 0 Å². The zero-order valence-corrected chi connectivity index (χ0v) is 16.3. The highest BCUT2D eigenvalue weighted by Crippen LogP contribution is 2.69. The van der Waals surface area contributed by atoms with Crippen LogP contribution in [0, 0.1) is 40.4 Å². The Bertz CT molecular complexity index is 559. The van der Waals surface area contributed by atoms with Gasteiger partial charge in [0.05, 0.1) is 5.60 Å². The van der Waals surface area contributed by atoms with E-state index in [-0.39, 0.29) is 23.7 Å². The predicted octanol–water partition coefficient (Wildman–Crippen LogP) is 3.96. The van der Waals surface area contributed by atoms with E-state index in [1.54, 1.807) is 0 Å². The first-order valence-electron chi connectivity index (χ1n) is 10.6. The van der Waals surface area contributed by atoms with Gasteiger partial charge in [-0.15, -0.1) is 0 Å². The minimum absolute atomic E-state index is 0.0525. The molecule has 0 saturated heterocycles. The molecular weight excluding hydrogens is 312 g/mol. The Labute approximate surface area is 152 Å². The first kappa shape index (κ1) is 18.0. The summed E-state index contributed by atoms with van der Waals surface area (Å²) < 4.78 is 0. The zero-order valence-electron chi connectivity index (χ0n) is 16.3. The number of carbonyl (C=O) groups is 1. The number of rotatable bonds is 2. The van der Waals surface area contributed by atoms with Gasteiger partial charge in [0.2, 0.25) is 0 Å². The van der Waals surface area contributed by atoms with Crippen LogP contribution in [0.3, 0.4) is 0 Å². The van der Waals surface area contributed by atoms with Gasteiger partial charge in [-0.25, -0.2) is 0 Å². The van der Waals surface area contributed by atoms with Gasteiger partial charge >= 0.3 is 0 Å². The van der Waals surface area contributed by atoms with Crippen molar-refractivity contribution in [1.82, 2.24) is 0 Å². The third kappa shape index (κ3) is 2.27. The van der Waals surface area contributed by atoms with Crippen LogP contribution in [0.5, 0.6) is 0 Å². The van der Waals surface area contributed by atoms with Gasteiger partial charge in [-0.1, -0.05) is 27.2 Å². The molecule has 2 unspecified atom stereocenters. The highest BCUT2D eigenvalue weighted by atomic mass is 16.3. The van der Waals surface area contributed by atoms with Gasteiger partial charge in [-0.05, 0) is 80.5 Å². The maximum atomic E-state index is 12.3. The second-order valence-electron chi connectivity index (χ2n) is 10.5. The molecular formula is C22H36O3. The van der Waals surface area contributed by atoms with E-state index in [1.807, 2.05) is 0 Å². The summed E-state index contributed by atoms with van der Waals surface area (Å²) in [6, 6.07) is 0. The fourth-order valence-corrected chi connectivity index (χ4v) is 8.07. The molecule has 8 atom stereocenters. The summed E-state index contributed by atoms with van der Waals surface area (Å²) in [7, 11) is 0. The summed E-state index contributed by atoms with van der Waals surface area (Å²) in [5.74, 6) is 2.42. The standard InChI is InChI=1S/C22H36O3/c1-14-6-9-20(2)15(12-14)4-5-17-16(20)7-10-21(3)18(19(24)13-23)8-11-22(17,21)25/h14-18,23,25H,4-13H2,1-3H3/t14-,15+,16?,17?,18+,20-,21+,22-/m0/s1. The Hall–Kier alpha value is -0.410. The van der Waals surface area contributed by atoms with Crippen molar-refractivity contribution in [3.8, 4) is 0 Å². The second-order valence-corrected chi connectivity index (χ2v) is 10.5. The molecule has 0 radical (unpaired) electrons. The number of aliphatic hydroxyl groups is 2. The van der Waals surface area contributed by atoms with Crippen LogP contribution >= 0.6 is 0 Å². The third-order valence-corrected chi connectivity index (χ3v) is 9.66. The topological polar surface area (TPSA) is 57.5 Å². The Morgan fingerprint density at radius 2 is 1.76 bits per heavy atom. The highest BCUT2D eigenvalue weighted by Gasteiger charge is 2.67. The van der Waals surface area contributed by atoms with E-state index < -0.39 is 5.60 Å². The molecule has 3 heteroatoms. The Morgan fingerprint density at radius 3 is 2.48 bits per heavy atom. The van der Waals surface area contributed by atoms with E-state index in [1.165, 1.54) is 25.7 Å². The summed E-state index contributed by atoms with van der Waals surface area (Å²) in [6.45, 7) is 6.69. The Kier molecular flexibility index (Phi) is 4.16. The van der Waals surface area contributed by atoms with Gasteiger partial charge in [-0.3, -0.25) is 4.79 Å². The summed E-state index contributed by atoms with van der Waals surface area (Å²) in [4.78, 5) is 12.3. The second kappa shape index (κ2) is 5.79. The molecule has 0 spiro atoms.